The third-order valence-corrected chi connectivity index (χ3v) is 8.93. The zero-order valence-electron chi connectivity index (χ0n) is 24.2. The van der Waals surface area contributed by atoms with Gasteiger partial charge in [-0.05, 0) is 72.1 Å². The van der Waals surface area contributed by atoms with E-state index in [0.717, 1.165) is 15.5 Å². The van der Waals surface area contributed by atoms with E-state index in [1.165, 1.54) is 43.4 Å². The first-order valence-electron chi connectivity index (χ1n) is 13.6. The lowest BCUT2D eigenvalue weighted by atomic mass is 10.1. The number of thiazole rings is 1. The molecule has 0 aliphatic carbocycles. The molecule has 0 aliphatic rings. The van der Waals surface area contributed by atoms with Crippen LogP contribution in [-0.4, -0.2) is 42.7 Å². The molecule has 0 aliphatic heterocycles. The van der Waals surface area contributed by atoms with Crippen LogP contribution in [0.15, 0.2) is 106 Å². The highest BCUT2D eigenvalue weighted by Crippen LogP contribution is 2.29. The number of rotatable bonds is 12. The second kappa shape index (κ2) is 15.2. The summed E-state index contributed by atoms with van der Waals surface area (Å²) in [6, 6.07) is 24.8. The SMILES string of the molecule is COc1ccc(OC)c(/C=C(\NC(=O)c2ccccc2)C(=O)Nc2ccc(SCC(=O)Nc3nc(-c4cccs4)cs3)cc2)c1. The summed E-state index contributed by atoms with van der Waals surface area (Å²) in [6.45, 7) is 0. The molecule has 2 aromatic heterocycles. The van der Waals surface area contributed by atoms with E-state index < -0.39 is 11.8 Å². The standard InChI is InChI=1S/C33H28N4O5S3/c1-41-24-12-15-28(42-2)22(17-24)18-26(35-31(39)21-7-4-3-5-8-21)32(40)34-23-10-13-25(14-11-23)44-20-30(38)37-33-36-27(19-45-33)29-9-6-16-43-29/h3-19H,20H2,1-2H3,(H,34,40)(H,35,39)(H,36,37,38)/b26-18-. The monoisotopic (exact) mass is 656 g/mol. The Balaban J connectivity index is 1.24. The number of thiophene rings is 1. The molecule has 2 heterocycles. The van der Waals surface area contributed by atoms with Gasteiger partial charge >= 0.3 is 0 Å². The molecule has 5 aromatic rings. The van der Waals surface area contributed by atoms with Gasteiger partial charge in [-0.15, -0.1) is 34.4 Å². The molecular formula is C33H28N4O5S3. The molecular weight excluding hydrogens is 629 g/mol. The van der Waals surface area contributed by atoms with E-state index in [-0.39, 0.29) is 17.4 Å². The fraction of sp³-hybridized carbons (Fsp3) is 0.0909. The Hall–Kier alpha value is -4.91. The van der Waals surface area contributed by atoms with Crippen molar-refractivity contribution in [3.63, 3.8) is 0 Å². The summed E-state index contributed by atoms with van der Waals surface area (Å²) in [5.41, 5.74) is 2.30. The Morgan fingerprint density at radius 2 is 1.69 bits per heavy atom. The first-order chi connectivity index (χ1) is 21.9. The van der Waals surface area contributed by atoms with E-state index in [4.69, 9.17) is 9.47 Å². The van der Waals surface area contributed by atoms with Crippen molar-refractivity contribution in [3.05, 3.63) is 113 Å². The van der Waals surface area contributed by atoms with Gasteiger partial charge in [-0.2, -0.15) is 0 Å². The number of amides is 3. The number of benzene rings is 3. The molecule has 0 unspecified atom stereocenters. The van der Waals surface area contributed by atoms with Crippen molar-refractivity contribution in [1.82, 2.24) is 10.3 Å². The number of hydrogen-bond donors (Lipinski definition) is 3. The predicted octanol–water partition coefficient (Wildman–Crippen LogP) is 7.03. The maximum absolute atomic E-state index is 13.5. The summed E-state index contributed by atoms with van der Waals surface area (Å²) in [5.74, 6) is 0.117. The first-order valence-corrected chi connectivity index (χ1v) is 16.3. The number of carbonyl (C=O) groups excluding carboxylic acids is 3. The van der Waals surface area contributed by atoms with Crippen LogP contribution in [-0.2, 0) is 9.59 Å². The Morgan fingerprint density at radius 1 is 0.889 bits per heavy atom. The minimum atomic E-state index is -0.533. The van der Waals surface area contributed by atoms with Crippen LogP contribution < -0.4 is 25.4 Å². The Bertz CT molecular complexity index is 1800. The van der Waals surface area contributed by atoms with Gasteiger partial charge in [0, 0.05) is 27.1 Å². The van der Waals surface area contributed by atoms with Gasteiger partial charge in [0.25, 0.3) is 11.8 Å². The number of thioether (sulfide) groups is 1. The number of anilines is 2. The Morgan fingerprint density at radius 3 is 2.40 bits per heavy atom. The van der Waals surface area contributed by atoms with Crippen LogP contribution in [0.3, 0.4) is 0 Å². The number of aromatic nitrogens is 1. The van der Waals surface area contributed by atoms with Gasteiger partial charge in [0.2, 0.25) is 5.91 Å². The van der Waals surface area contributed by atoms with Crippen molar-refractivity contribution in [1.29, 1.82) is 0 Å². The van der Waals surface area contributed by atoms with E-state index in [1.54, 1.807) is 72.0 Å². The third kappa shape index (κ3) is 8.60. The number of hydrogen-bond acceptors (Lipinski definition) is 9. The molecule has 3 aromatic carbocycles. The largest absolute Gasteiger partial charge is 0.497 e. The van der Waals surface area contributed by atoms with E-state index in [2.05, 4.69) is 20.9 Å². The van der Waals surface area contributed by atoms with Crippen LogP contribution in [0, 0.1) is 0 Å². The highest BCUT2D eigenvalue weighted by molar-refractivity contribution is 8.00. The molecule has 45 heavy (non-hydrogen) atoms. The fourth-order valence-corrected chi connectivity index (χ4v) is 6.24. The fourth-order valence-electron chi connectivity index (χ4n) is 4.06. The molecule has 3 amide bonds. The molecule has 12 heteroatoms. The van der Waals surface area contributed by atoms with Crippen molar-refractivity contribution in [2.24, 2.45) is 0 Å². The van der Waals surface area contributed by atoms with Crippen LogP contribution in [0.5, 0.6) is 11.5 Å². The number of methoxy groups -OCH3 is 2. The summed E-state index contributed by atoms with van der Waals surface area (Å²) >= 11 is 4.34. The molecule has 3 N–H and O–H groups in total. The minimum Gasteiger partial charge on any atom is -0.497 e. The molecule has 0 saturated heterocycles. The number of carbonyl (C=O) groups is 3. The van der Waals surface area contributed by atoms with Gasteiger partial charge in [-0.3, -0.25) is 14.4 Å². The Labute approximate surface area is 272 Å². The highest BCUT2D eigenvalue weighted by Gasteiger charge is 2.17. The van der Waals surface area contributed by atoms with Gasteiger partial charge < -0.3 is 25.4 Å². The molecule has 0 atom stereocenters. The van der Waals surface area contributed by atoms with Crippen LogP contribution in [0.1, 0.15) is 15.9 Å². The molecule has 0 spiro atoms. The molecule has 0 saturated carbocycles. The number of ether oxygens (including phenoxy) is 2. The van der Waals surface area contributed by atoms with Crippen molar-refractivity contribution in [2.45, 2.75) is 4.90 Å². The lowest BCUT2D eigenvalue weighted by Gasteiger charge is -2.13. The van der Waals surface area contributed by atoms with Gasteiger partial charge in [0.05, 0.1) is 30.5 Å². The Kier molecular flexibility index (Phi) is 10.6. The van der Waals surface area contributed by atoms with Gasteiger partial charge in [-0.25, -0.2) is 4.98 Å². The summed E-state index contributed by atoms with van der Waals surface area (Å²) in [7, 11) is 3.06. The lowest BCUT2D eigenvalue weighted by Crippen LogP contribution is -2.30. The predicted molar refractivity (Wildman–Crippen MR) is 181 cm³/mol. The third-order valence-electron chi connectivity index (χ3n) is 6.27. The molecule has 5 rings (SSSR count). The van der Waals surface area contributed by atoms with Crippen LogP contribution in [0.2, 0.25) is 0 Å². The van der Waals surface area contributed by atoms with E-state index in [0.29, 0.717) is 33.4 Å². The summed E-state index contributed by atoms with van der Waals surface area (Å²) in [4.78, 5) is 45.4. The number of nitrogens with zero attached hydrogens (tertiary/aromatic N) is 1. The maximum atomic E-state index is 13.5. The molecule has 228 valence electrons. The smallest absolute Gasteiger partial charge is 0.272 e. The van der Waals surface area contributed by atoms with E-state index in [9.17, 15) is 14.4 Å². The average molecular weight is 657 g/mol. The molecule has 0 bridgehead atoms. The van der Waals surface area contributed by atoms with Crippen LogP contribution in [0.25, 0.3) is 16.6 Å². The van der Waals surface area contributed by atoms with Crippen LogP contribution in [0.4, 0.5) is 10.8 Å². The van der Waals surface area contributed by atoms with Gasteiger partial charge in [0.15, 0.2) is 5.13 Å². The van der Waals surface area contributed by atoms with Crippen molar-refractivity contribution in [2.75, 3.05) is 30.6 Å². The topological polar surface area (TPSA) is 119 Å². The van der Waals surface area contributed by atoms with E-state index >= 15 is 0 Å². The molecule has 0 fully saturated rings. The highest BCUT2D eigenvalue weighted by atomic mass is 32.2. The summed E-state index contributed by atoms with van der Waals surface area (Å²) < 4.78 is 10.8. The minimum absolute atomic E-state index is 0.00921. The summed E-state index contributed by atoms with van der Waals surface area (Å²) in [6.07, 6.45) is 1.53. The first kappa shape index (κ1) is 31.5. The van der Waals surface area contributed by atoms with Gasteiger partial charge in [0.1, 0.15) is 17.2 Å². The van der Waals surface area contributed by atoms with Gasteiger partial charge in [-0.1, -0.05) is 24.3 Å². The van der Waals surface area contributed by atoms with Crippen molar-refractivity contribution in [3.8, 4) is 22.1 Å². The lowest BCUT2D eigenvalue weighted by molar-refractivity contribution is -0.114. The molecule has 0 radical (unpaired) electrons. The quantitative estimate of drug-likeness (QED) is 0.0975. The van der Waals surface area contributed by atoms with Crippen LogP contribution >= 0.6 is 34.4 Å². The van der Waals surface area contributed by atoms with E-state index in [1.807, 2.05) is 35.0 Å². The molecule has 9 nitrogen and oxygen atoms in total. The maximum Gasteiger partial charge on any atom is 0.272 e. The number of nitrogens with one attached hydrogen (secondary N) is 3. The average Bonchev–Trinajstić information content (AvgIpc) is 3.77. The zero-order chi connectivity index (χ0) is 31.6. The van der Waals surface area contributed by atoms with Crippen molar-refractivity contribution < 1.29 is 23.9 Å². The summed E-state index contributed by atoms with van der Waals surface area (Å²) in [5, 5.41) is 12.9. The normalized spacial score (nSPS) is 11.0. The van der Waals surface area contributed by atoms with Crippen molar-refractivity contribution >= 4 is 69.1 Å². The second-order valence-corrected chi connectivity index (χ2v) is 12.2. The second-order valence-electron chi connectivity index (χ2n) is 9.32. The zero-order valence-corrected chi connectivity index (χ0v) is 26.7.